The Kier molecular flexibility index (Phi) is 3.51. The number of anilines is 2. The van der Waals surface area contributed by atoms with E-state index in [1.807, 2.05) is 0 Å². The number of benzene rings is 2. The number of fused-ring (bicyclic) bond motifs is 7. The standard InChI is InChI=1S/C24H19Cl4N3O3/c1-23(2)8-16-17-18(21(33)31(20(17)32)13-4-10(25)3-11(26)5-13)24(30(16)9-23)14-6-12(27)7-15(28)19(14)29-22(24)34/h3-7,16-18H,8-9H2,1-2H3,(H,29,34)/i1D3,2D3. The number of imide groups is 1. The van der Waals surface area contributed by atoms with Crippen molar-refractivity contribution in [2.75, 3.05) is 16.8 Å². The highest BCUT2D eigenvalue weighted by atomic mass is 35.5. The molecule has 4 aliphatic heterocycles. The van der Waals surface area contributed by atoms with Crippen molar-refractivity contribution in [3.8, 4) is 0 Å². The maximum Gasteiger partial charge on any atom is 0.250 e. The fourth-order valence-corrected chi connectivity index (χ4v) is 7.25. The molecule has 1 spiro atoms. The molecule has 3 fully saturated rings. The number of amides is 3. The fourth-order valence-electron chi connectivity index (χ4n) is 6.19. The van der Waals surface area contributed by atoms with Crippen molar-refractivity contribution < 1.29 is 22.6 Å². The van der Waals surface area contributed by atoms with E-state index in [1.165, 1.54) is 35.2 Å². The summed E-state index contributed by atoms with van der Waals surface area (Å²) in [6.45, 7) is -6.58. The molecule has 176 valence electrons. The summed E-state index contributed by atoms with van der Waals surface area (Å²) >= 11 is 25.1. The van der Waals surface area contributed by atoms with Crippen LogP contribution in [0.5, 0.6) is 0 Å². The molecule has 4 unspecified atom stereocenters. The van der Waals surface area contributed by atoms with Gasteiger partial charge in [-0.1, -0.05) is 60.1 Å². The molecule has 3 amide bonds. The largest absolute Gasteiger partial charge is 0.323 e. The molecule has 6 rings (SSSR count). The first-order valence-electron chi connectivity index (χ1n) is 13.4. The van der Waals surface area contributed by atoms with E-state index in [1.54, 1.807) is 0 Å². The zero-order valence-electron chi connectivity index (χ0n) is 23.2. The van der Waals surface area contributed by atoms with Crippen molar-refractivity contribution in [3.63, 3.8) is 0 Å². The number of nitrogens with zero attached hydrogens (tertiary/aromatic N) is 2. The van der Waals surface area contributed by atoms with Gasteiger partial charge in [-0.05, 0) is 42.2 Å². The van der Waals surface area contributed by atoms with Crippen molar-refractivity contribution in [3.05, 3.63) is 56.0 Å². The van der Waals surface area contributed by atoms with Crippen LogP contribution in [0.3, 0.4) is 0 Å². The third-order valence-corrected chi connectivity index (χ3v) is 8.18. The van der Waals surface area contributed by atoms with Crippen molar-refractivity contribution in [1.29, 1.82) is 0 Å². The molecule has 6 nitrogen and oxygen atoms in total. The Labute approximate surface area is 224 Å². The Hall–Kier alpha value is -1.83. The topological polar surface area (TPSA) is 69.7 Å². The van der Waals surface area contributed by atoms with Crippen LogP contribution in [0.15, 0.2) is 30.3 Å². The molecule has 4 aliphatic rings. The lowest BCUT2D eigenvalue weighted by Crippen LogP contribution is -2.54. The number of nitrogens with one attached hydrogen (secondary N) is 1. The van der Waals surface area contributed by atoms with Gasteiger partial charge >= 0.3 is 0 Å². The summed E-state index contributed by atoms with van der Waals surface area (Å²) in [6.07, 6.45) is -0.483. The van der Waals surface area contributed by atoms with Gasteiger partial charge in [0.1, 0.15) is 5.54 Å². The van der Waals surface area contributed by atoms with Gasteiger partial charge in [0, 0.05) is 41.4 Å². The van der Waals surface area contributed by atoms with Gasteiger partial charge in [0.05, 0.1) is 28.2 Å². The molecule has 2 aromatic rings. The lowest BCUT2D eigenvalue weighted by molar-refractivity contribution is -0.135. The second-order valence-corrected chi connectivity index (χ2v) is 10.9. The lowest BCUT2D eigenvalue weighted by atomic mass is 9.73. The normalized spacial score (nSPS) is 34.6. The van der Waals surface area contributed by atoms with Gasteiger partial charge in [-0.2, -0.15) is 0 Å². The first-order chi connectivity index (χ1) is 18.5. The average molecular weight is 545 g/mol. The highest BCUT2D eigenvalue weighted by Gasteiger charge is 2.76. The van der Waals surface area contributed by atoms with E-state index >= 15 is 0 Å². The van der Waals surface area contributed by atoms with E-state index in [0.29, 0.717) is 0 Å². The number of rotatable bonds is 1. The molecule has 34 heavy (non-hydrogen) atoms. The summed E-state index contributed by atoms with van der Waals surface area (Å²) in [4.78, 5) is 44.7. The molecule has 4 atom stereocenters. The summed E-state index contributed by atoms with van der Waals surface area (Å²) < 4.78 is 49.5. The van der Waals surface area contributed by atoms with Crippen LogP contribution in [0.4, 0.5) is 11.4 Å². The van der Waals surface area contributed by atoms with E-state index in [-0.39, 0.29) is 37.0 Å². The number of hydrogen-bond acceptors (Lipinski definition) is 4. The summed E-state index contributed by atoms with van der Waals surface area (Å²) in [7, 11) is 0. The highest BCUT2D eigenvalue weighted by Crippen LogP contribution is 2.63. The predicted molar refractivity (Wildman–Crippen MR) is 132 cm³/mol. The molecule has 10 heteroatoms. The molecule has 0 bridgehead atoms. The smallest absolute Gasteiger partial charge is 0.250 e. The number of hydrogen-bond donors (Lipinski definition) is 1. The van der Waals surface area contributed by atoms with Gasteiger partial charge in [0.2, 0.25) is 11.8 Å². The van der Waals surface area contributed by atoms with E-state index in [9.17, 15) is 14.4 Å². The Balaban J connectivity index is 1.62. The SMILES string of the molecule is [2H]C([2H])([2H])C1(C([2H])([2H])[2H])CC2C3C(=O)N(c4cc(Cl)cc(Cl)c4)C(=O)C3C3(C(=O)Nc4c(Cl)cc(Cl)cc43)N2C1. The quantitative estimate of drug-likeness (QED) is 0.490. The monoisotopic (exact) mass is 543 g/mol. The Morgan fingerprint density at radius 2 is 1.65 bits per heavy atom. The van der Waals surface area contributed by atoms with Gasteiger partial charge in [0.25, 0.3) is 5.91 Å². The average Bonchev–Trinajstić information content (AvgIpc) is 3.48. The summed E-state index contributed by atoms with van der Waals surface area (Å²) in [5.41, 5.74) is -3.85. The first-order valence-corrected chi connectivity index (χ1v) is 11.9. The lowest BCUT2D eigenvalue weighted by Gasteiger charge is -2.37. The van der Waals surface area contributed by atoms with Gasteiger partial charge in [0.15, 0.2) is 0 Å². The van der Waals surface area contributed by atoms with Crippen molar-refractivity contribution in [2.45, 2.75) is 31.7 Å². The van der Waals surface area contributed by atoms with E-state index in [2.05, 4.69) is 5.32 Å². The summed E-state index contributed by atoms with van der Waals surface area (Å²) in [5, 5.41) is 3.20. The Bertz CT molecular complexity index is 1500. The molecule has 0 aromatic heterocycles. The molecule has 0 aliphatic carbocycles. The van der Waals surface area contributed by atoms with Crippen molar-refractivity contribution >= 4 is 75.5 Å². The molecule has 0 saturated carbocycles. The van der Waals surface area contributed by atoms with Crippen LogP contribution >= 0.6 is 46.4 Å². The fraction of sp³-hybridized carbons (Fsp3) is 0.375. The van der Waals surface area contributed by atoms with E-state index < -0.39 is 73.2 Å². The van der Waals surface area contributed by atoms with Gasteiger partial charge in [-0.25, -0.2) is 4.90 Å². The van der Waals surface area contributed by atoms with Crippen LogP contribution in [0.2, 0.25) is 20.1 Å². The molecule has 3 saturated heterocycles. The second kappa shape index (κ2) is 7.11. The second-order valence-electron chi connectivity index (χ2n) is 9.16. The molecule has 4 heterocycles. The predicted octanol–water partition coefficient (Wildman–Crippen LogP) is 5.37. The number of carbonyl (C=O) groups is 3. The highest BCUT2D eigenvalue weighted by molar-refractivity contribution is 6.38. The Morgan fingerprint density at radius 3 is 2.32 bits per heavy atom. The van der Waals surface area contributed by atoms with Crippen LogP contribution in [-0.2, 0) is 19.9 Å². The third-order valence-electron chi connectivity index (χ3n) is 7.22. The molecule has 2 aromatic carbocycles. The van der Waals surface area contributed by atoms with Crippen molar-refractivity contribution in [2.24, 2.45) is 17.3 Å². The maximum absolute atomic E-state index is 14.2. The minimum absolute atomic E-state index is 0.0695. The van der Waals surface area contributed by atoms with Crippen LogP contribution in [-0.4, -0.2) is 35.2 Å². The molecule has 1 N–H and O–H groups in total. The molecular formula is C24H19Cl4N3O3. The first kappa shape index (κ1) is 16.8. The third kappa shape index (κ3) is 2.78. The maximum atomic E-state index is 14.2. The number of carbonyl (C=O) groups excluding carboxylic acids is 3. The van der Waals surface area contributed by atoms with E-state index in [0.717, 1.165) is 4.90 Å². The van der Waals surface area contributed by atoms with Gasteiger partial charge in [-0.3, -0.25) is 19.3 Å². The minimum atomic E-state index is -2.99. The van der Waals surface area contributed by atoms with Crippen LogP contribution < -0.4 is 10.2 Å². The Morgan fingerprint density at radius 1 is 0.971 bits per heavy atom. The molecular weight excluding hydrogens is 520 g/mol. The molecule has 0 radical (unpaired) electrons. The number of halogens is 4. The van der Waals surface area contributed by atoms with E-state index in [4.69, 9.17) is 54.6 Å². The van der Waals surface area contributed by atoms with Gasteiger partial charge < -0.3 is 5.32 Å². The van der Waals surface area contributed by atoms with Crippen LogP contribution in [0, 0.1) is 17.3 Å². The van der Waals surface area contributed by atoms with Crippen LogP contribution in [0.1, 0.15) is 33.9 Å². The van der Waals surface area contributed by atoms with Gasteiger partial charge in [-0.15, -0.1) is 0 Å². The van der Waals surface area contributed by atoms with Crippen LogP contribution in [0.25, 0.3) is 0 Å². The summed E-state index contributed by atoms with van der Waals surface area (Å²) in [6, 6.07) is 5.90. The van der Waals surface area contributed by atoms with Crippen molar-refractivity contribution in [1.82, 2.24) is 4.90 Å². The summed E-state index contributed by atoms with van der Waals surface area (Å²) in [5.74, 6) is -4.80. The zero-order chi connectivity index (χ0) is 29.3. The minimum Gasteiger partial charge on any atom is -0.323 e. The zero-order valence-corrected chi connectivity index (χ0v) is 20.2.